The van der Waals surface area contributed by atoms with Gasteiger partial charge in [0.05, 0.1) is 6.61 Å². The van der Waals surface area contributed by atoms with Crippen LogP contribution in [0, 0.1) is 0 Å². The predicted octanol–water partition coefficient (Wildman–Crippen LogP) is 1.62. The Morgan fingerprint density at radius 3 is 2.55 bits per heavy atom. The molecule has 0 heterocycles. The van der Waals surface area contributed by atoms with E-state index in [2.05, 4.69) is 17.0 Å². The van der Waals surface area contributed by atoms with Crippen LogP contribution >= 0.6 is 0 Å². The van der Waals surface area contributed by atoms with Crippen molar-refractivity contribution in [1.29, 1.82) is 0 Å². The van der Waals surface area contributed by atoms with Crippen LogP contribution in [0.5, 0.6) is 0 Å². The van der Waals surface area contributed by atoms with Gasteiger partial charge in [0, 0.05) is 5.90 Å². The van der Waals surface area contributed by atoms with Crippen molar-refractivity contribution in [2.75, 3.05) is 6.61 Å². The van der Waals surface area contributed by atoms with Gasteiger partial charge in [0.15, 0.2) is 0 Å². The van der Waals surface area contributed by atoms with Crippen molar-refractivity contribution in [3.05, 3.63) is 35.9 Å². The summed E-state index contributed by atoms with van der Waals surface area (Å²) in [6.07, 6.45) is 1.82. The van der Waals surface area contributed by atoms with Gasteiger partial charge in [-0.25, -0.2) is 0 Å². The summed E-state index contributed by atoms with van der Waals surface area (Å²) in [7, 11) is 0. The molecule has 11 heavy (non-hydrogen) atoms. The molecule has 1 aromatic carbocycles. The van der Waals surface area contributed by atoms with Gasteiger partial charge in [-0.15, -0.1) is 0 Å². The number of rotatable bonds is 4. The van der Waals surface area contributed by atoms with E-state index in [4.69, 9.17) is 5.90 Å². The van der Waals surface area contributed by atoms with Crippen LogP contribution in [0.3, 0.4) is 0 Å². The smallest absolute Gasteiger partial charge is 0.0723 e. The lowest BCUT2D eigenvalue weighted by Gasteiger charge is -1.97. The van der Waals surface area contributed by atoms with Crippen LogP contribution in [0.15, 0.2) is 30.3 Å². The van der Waals surface area contributed by atoms with E-state index in [-0.39, 0.29) is 0 Å². The molecule has 0 atom stereocenters. The molecule has 0 aromatic heterocycles. The molecule has 58 valence electrons. The van der Waals surface area contributed by atoms with E-state index in [0.717, 1.165) is 12.8 Å². The summed E-state index contributed by atoms with van der Waals surface area (Å²) in [5.41, 5.74) is 1.28. The predicted molar refractivity (Wildman–Crippen MR) is 42.8 cm³/mol. The standard InChI is InChI=1S/C9H11NO/c10-11-8-4-7-9-5-2-1-3-6-9/h1-3,5-6H,4,7-8H2. The summed E-state index contributed by atoms with van der Waals surface area (Å²) in [6.45, 7) is 0.412. The molecule has 0 bridgehead atoms. The molecule has 0 saturated carbocycles. The fourth-order valence-corrected chi connectivity index (χ4v) is 0.986. The minimum Gasteiger partial charge on any atom is -0.264 e. The number of aryl methyl sites for hydroxylation is 1. The average molecular weight is 149 g/mol. The van der Waals surface area contributed by atoms with Gasteiger partial charge in [-0.05, 0) is 18.4 Å². The molecule has 1 rings (SSSR count). The van der Waals surface area contributed by atoms with Gasteiger partial charge in [-0.3, -0.25) is 4.84 Å². The van der Waals surface area contributed by atoms with Crippen molar-refractivity contribution in [3.63, 3.8) is 0 Å². The molecule has 0 spiro atoms. The maximum Gasteiger partial charge on any atom is 0.0723 e. The first-order valence-electron chi connectivity index (χ1n) is 3.74. The Balaban J connectivity index is 2.28. The molecule has 1 aromatic rings. The van der Waals surface area contributed by atoms with Gasteiger partial charge in [0.25, 0.3) is 0 Å². The van der Waals surface area contributed by atoms with Crippen LogP contribution in [0.2, 0.25) is 0 Å². The average Bonchev–Trinajstić information content (AvgIpc) is 2.07. The number of nitrogens with zero attached hydrogens (tertiary/aromatic N) is 1. The van der Waals surface area contributed by atoms with Gasteiger partial charge in [0.1, 0.15) is 0 Å². The molecule has 0 aliphatic carbocycles. The zero-order chi connectivity index (χ0) is 7.94. The molecular formula is C9H11NO. The third kappa shape index (κ3) is 3.16. The van der Waals surface area contributed by atoms with Gasteiger partial charge in [-0.2, -0.15) is 0 Å². The highest BCUT2D eigenvalue weighted by Gasteiger charge is 1.90. The quantitative estimate of drug-likeness (QED) is 0.472. The highest BCUT2D eigenvalue weighted by molar-refractivity contribution is 5.14. The van der Waals surface area contributed by atoms with Crippen LogP contribution in [0.25, 0.3) is 0 Å². The van der Waals surface area contributed by atoms with E-state index in [0.29, 0.717) is 6.61 Å². The zero-order valence-corrected chi connectivity index (χ0v) is 6.36. The van der Waals surface area contributed by atoms with Crippen molar-refractivity contribution in [2.24, 2.45) is 0 Å². The minimum atomic E-state index is 0.412. The van der Waals surface area contributed by atoms with Crippen LogP contribution in [0.1, 0.15) is 12.0 Å². The third-order valence-corrected chi connectivity index (χ3v) is 1.54. The van der Waals surface area contributed by atoms with Crippen LogP contribution in [-0.2, 0) is 11.3 Å². The van der Waals surface area contributed by atoms with E-state index in [1.54, 1.807) is 0 Å². The van der Waals surface area contributed by atoms with Crippen molar-refractivity contribution in [1.82, 2.24) is 5.90 Å². The molecule has 0 aliphatic rings. The Labute approximate surface area is 66.9 Å². The minimum absolute atomic E-state index is 0.412. The molecule has 0 N–H and O–H groups in total. The lowest BCUT2D eigenvalue weighted by atomic mass is 10.1. The third-order valence-electron chi connectivity index (χ3n) is 1.54. The zero-order valence-electron chi connectivity index (χ0n) is 6.36. The highest BCUT2D eigenvalue weighted by Crippen LogP contribution is 2.01. The summed E-state index contributed by atoms with van der Waals surface area (Å²) in [5.74, 6) is 8.04. The second kappa shape index (κ2) is 4.88. The Bertz CT molecular complexity index is 186. The van der Waals surface area contributed by atoms with Crippen LogP contribution in [-0.4, -0.2) is 6.61 Å². The Morgan fingerprint density at radius 1 is 1.18 bits per heavy atom. The first-order valence-corrected chi connectivity index (χ1v) is 3.74. The van der Waals surface area contributed by atoms with E-state index >= 15 is 0 Å². The maximum absolute atomic E-state index is 8.04. The first-order chi connectivity index (χ1) is 5.43. The maximum atomic E-state index is 8.04. The number of hydrogen-bond acceptors (Lipinski definition) is 1. The van der Waals surface area contributed by atoms with Gasteiger partial charge in [0.2, 0.25) is 0 Å². The molecule has 0 aliphatic heterocycles. The fraction of sp³-hybridized carbons (Fsp3) is 0.333. The molecule has 2 nitrogen and oxygen atoms in total. The fourth-order valence-electron chi connectivity index (χ4n) is 0.986. The van der Waals surface area contributed by atoms with Gasteiger partial charge < -0.3 is 0 Å². The molecule has 0 unspecified atom stereocenters. The normalized spacial score (nSPS) is 9.91. The highest BCUT2D eigenvalue weighted by atomic mass is 16.6. The Kier molecular flexibility index (Phi) is 3.65. The molecule has 2 radical (unpaired) electrons. The summed E-state index contributed by atoms with van der Waals surface area (Å²) in [5, 5.41) is 0. The molecule has 2 heteroatoms. The lowest BCUT2D eigenvalue weighted by molar-refractivity contribution is 0.116. The molecule has 0 fully saturated rings. The van der Waals surface area contributed by atoms with Crippen LogP contribution in [0.4, 0.5) is 0 Å². The molecular weight excluding hydrogens is 138 g/mol. The van der Waals surface area contributed by atoms with Crippen LogP contribution < -0.4 is 5.90 Å². The SMILES string of the molecule is [N]OCCCc1ccccc1. The van der Waals surface area contributed by atoms with E-state index in [9.17, 15) is 0 Å². The van der Waals surface area contributed by atoms with E-state index in [1.807, 2.05) is 18.2 Å². The Morgan fingerprint density at radius 2 is 1.91 bits per heavy atom. The van der Waals surface area contributed by atoms with Crippen molar-refractivity contribution >= 4 is 0 Å². The topological polar surface area (TPSA) is 31.5 Å². The summed E-state index contributed by atoms with van der Waals surface area (Å²) in [6, 6.07) is 10.1. The number of benzene rings is 1. The van der Waals surface area contributed by atoms with Crippen molar-refractivity contribution in [3.8, 4) is 0 Å². The summed E-state index contributed by atoms with van der Waals surface area (Å²) >= 11 is 0. The van der Waals surface area contributed by atoms with Gasteiger partial charge in [-0.1, -0.05) is 30.3 Å². The Hall–Kier alpha value is -0.860. The molecule has 0 amide bonds. The first kappa shape index (κ1) is 8.24. The van der Waals surface area contributed by atoms with E-state index in [1.165, 1.54) is 5.56 Å². The second-order valence-electron chi connectivity index (χ2n) is 2.42. The lowest BCUT2D eigenvalue weighted by Crippen LogP contribution is -1.93. The second-order valence-corrected chi connectivity index (χ2v) is 2.42. The molecule has 0 saturated heterocycles. The van der Waals surface area contributed by atoms with Gasteiger partial charge >= 0.3 is 0 Å². The van der Waals surface area contributed by atoms with Crippen molar-refractivity contribution < 1.29 is 4.84 Å². The monoisotopic (exact) mass is 149 g/mol. The summed E-state index contributed by atoms with van der Waals surface area (Å²) in [4.78, 5) is 3.96. The van der Waals surface area contributed by atoms with E-state index < -0.39 is 0 Å². The summed E-state index contributed by atoms with van der Waals surface area (Å²) < 4.78 is 0. The number of hydrogen-bond donors (Lipinski definition) is 0. The largest absolute Gasteiger partial charge is 0.264 e. The van der Waals surface area contributed by atoms with Crippen molar-refractivity contribution in [2.45, 2.75) is 12.8 Å².